The Hall–Kier alpha value is -3.78. The molecule has 1 N–H and O–H groups in total. The van der Waals surface area contributed by atoms with Crippen LogP contribution in [0.25, 0.3) is 10.9 Å². The summed E-state index contributed by atoms with van der Waals surface area (Å²) >= 11 is 0.904. The van der Waals surface area contributed by atoms with Crippen LogP contribution >= 0.6 is 11.8 Å². The fourth-order valence-corrected chi connectivity index (χ4v) is 5.29. The SMILES string of the molecule is COn1cc(C/C(=N/O)S[C@@H]2O[C@H](COC(C)=O)[C@@H](OC(C)=O)[C@H](OC(C)=O)[C@H]2OC(C)=O)c2ccccc21. The summed E-state index contributed by atoms with van der Waals surface area (Å²) in [5.41, 5.74) is 0.440. The van der Waals surface area contributed by atoms with Gasteiger partial charge in [0.1, 0.15) is 30.3 Å². The zero-order chi connectivity index (χ0) is 28.7. The number of hydrogen-bond acceptors (Lipinski definition) is 13. The lowest BCUT2D eigenvalue weighted by Crippen LogP contribution is -2.61. The molecule has 0 radical (unpaired) electrons. The van der Waals surface area contributed by atoms with Gasteiger partial charge in [-0.05, 0) is 11.6 Å². The molecule has 2 heterocycles. The molecule has 1 aromatic heterocycles. The molecule has 1 aliphatic rings. The van der Waals surface area contributed by atoms with Gasteiger partial charge in [-0.1, -0.05) is 35.1 Å². The van der Waals surface area contributed by atoms with Gasteiger partial charge >= 0.3 is 23.9 Å². The summed E-state index contributed by atoms with van der Waals surface area (Å²) < 4.78 is 29.0. The number of carbonyl (C=O) groups excluding carboxylic acids is 4. The molecule has 39 heavy (non-hydrogen) atoms. The summed E-state index contributed by atoms with van der Waals surface area (Å²) in [7, 11) is 1.52. The highest BCUT2D eigenvalue weighted by atomic mass is 32.2. The summed E-state index contributed by atoms with van der Waals surface area (Å²) in [5.74, 6) is -2.82. The molecule has 0 unspecified atom stereocenters. The second kappa shape index (κ2) is 13.3. The van der Waals surface area contributed by atoms with E-state index in [1.54, 1.807) is 10.9 Å². The lowest BCUT2D eigenvalue weighted by Gasteiger charge is -2.44. The number of fused-ring (bicyclic) bond motifs is 1. The molecule has 0 saturated carbocycles. The maximum atomic E-state index is 12.0. The third kappa shape index (κ3) is 7.63. The Morgan fingerprint density at radius 2 is 1.56 bits per heavy atom. The van der Waals surface area contributed by atoms with Crippen LogP contribution in [0.2, 0.25) is 0 Å². The summed E-state index contributed by atoms with van der Waals surface area (Å²) in [6.45, 7) is 4.26. The van der Waals surface area contributed by atoms with Gasteiger partial charge in [0.05, 0.1) is 5.52 Å². The van der Waals surface area contributed by atoms with E-state index in [0.717, 1.165) is 49.0 Å². The molecular formula is C25H30N2O11S. The first-order valence-electron chi connectivity index (χ1n) is 11.9. The first kappa shape index (κ1) is 29.8. The molecule has 13 nitrogen and oxygen atoms in total. The van der Waals surface area contributed by atoms with Crippen molar-refractivity contribution in [3.05, 3.63) is 36.0 Å². The van der Waals surface area contributed by atoms with Crippen molar-refractivity contribution in [1.82, 2.24) is 4.73 Å². The maximum Gasteiger partial charge on any atom is 0.303 e. The van der Waals surface area contributed by atoms with Crippen molar-refractivity contribution >= 4 is 51.6 Å². The number of benzene rings is 1. The molecule has 14 heteroatoms. The second-order valence-corrected chi connectivity index (χ2v) is 9.71. The molecule has 1 aliphatic heterocycles. The van der Waals surface area contributed by atoms with Crippen LogP contribution in [0.1, 0.15) is 33.3 Å². The normalized spacial score (nSPS) is 23.1. The highest BCUT2D eigenvalue weighted by Gasteiger charge is 2.52. The molecule has 2 aromatic rings. The van der Waals surface area contributed by atoms with Crippen LogP contribution in [-0.4, -0.2) is 82.4 Å². The van der Waals surface area contributed by atoms with E-state index in [0.29, 0.717) is 0 Å². The summed E-state index contributed by atoms with van der Waals surface area (Å²) in [4.78, 5) is 52.9. The number of ether oxygens (including phenoxy) is 5. The Balaban J connectivity index is 1.97. The van der Waals surface area contributed by atoms with Crippen LogP contribution in [0, 0.1) is 0 Å². The van der Waals surface area contributed by atoms with Crippen LogP contribution < -0.4 is 4.84 Å². The van der Waals surface area contributed by atoms with E-state index in [1.807, 2.05) is 24.3 Å². The summed E-state index contributed by atoms with van der Waals surface area (Å²) in [5, 5.41) is 14.3. The molecule has 1 saturated heterocycles. The number of nitrogens with zero attached hydrogens (tertiary/aromatic N) is 2. The van der Waals surface area contributed by atoms with Crippen LogP contribution in [0.4, 0.5) is 0 Å². The Morgan fingerprint density at radius 1 is 0.949 bits per heavy atom. The minimum atomic E-state index is -1.32. The van der Waals surface area contributed by atoms with Gasteiger partial charge in [-0.25, -0.2) is 0 Å². The predicted molar refractivity (Wildman–Crippen MR) is 137 cm³/mol. The zero-order valence-electron chi connectivity index (χ0n) is 22.0. The molecule has 5 atom stereocenters. The van der Waals surface area contributed by atoms with Gasteiger partial charge in [0.25, 0.3) is 0 Å². The van der Waals surface area contributed by atoms with E-state index in [4.69, 9.17) is 28.5 Å². The molecule has 0 spiro atoms. The predicted octanol–water partition coefficient (Wildman–Crippen LogP) is 1.85. The molecule has 1 aromatic carbocycles. The van der Waals surface area contributed by atoms with Crippen molar-refractivity contribution in [3.8, 4) is 0 Å². The number of carbonyl (C=O) groups is 4. The van der Waals surface area contributed by atoms with Gasteiger partial charge in [-0.3, -0.25) is 19.2 Å². The maximum absolute atomic E-state index is 12.0. The fraction of sp³-hybridized carbons (Fsp3) is 0.480. The molecular weight excluding hydrogens is 536 g/mol. The molecule has 3 rings (SSSR count). The average molecular weight is 567 g/mol. The second-order valence-electron chi connectivity index (χ2n) is 8.54. The van der Waals surface area contributed by atoms with Crippen molar-refractivity contribution in [1.29, 1.82) is 0 Å². The van der Waals surface area contributed by atoms with Crippen LogP contribution in [-0.2, 0) is 49.3 Å². The van der Waals surface area contributed by atoms with Crippen LogP contribution in [0.5, 0.6) is 0 Å². The molecule has 212 valence electrons. The molecule has 0 amide bonds. The first-order chi connectivity index (χ1) is 18.5. The number of para-hydroxylation sites is 1. The minimum Gasteiger partial charge on any atom is -0.463 e. The van der Waals surface area contributed by atoms with E-state index in [2.05, 4.69) is 5.16 Å². The van der Waals surface area contributed by atoms with Gasteiger partial charge in [0, 0.05) is 45.7 Å². The van der Waals surface area contributed by atoms with Crippen molar-refractivity contribution < 1.29 is 52.9 Å². The number of thioether (sulfide) groups is 1. The number of rotatable bonds is 9. The van der Waals surface area contributed by atoms with Crippen molar-refractivity contribution in [2.24, 2.45) is 5.16 Å². The first-order valence-corrected chi connectivity index (χ1v) is 12.7. The van der Waals surface area contributed by atoms with E-state index in [1.165, 1.54) is 14.0 Å². The van der Waals surface area contributed by atoms with E-state index >= 15 is 0 Å². The Kier molecular flexibility index (Phi) is 10.2. The van der Waals surface area contributed by atoms with Gasteiger partial charge in [0.15, 0.2) is 18.3 Å². The number of aromatic nitrogens is 1. The van der Waals surface area contributed by atoms with Crippen molar-refractivity contribution in [2.75, 3.05) is 13.7 Å². The molecule has 1 fully saturated rings. The highest BCUT2D eigenvalue weighted by molar-refractivity contribution is 8.14. The van der Waals surface area contributed by atoms with Crippen LogP contribution in [0.3, 0.4) is 0 Å². The molecule has 0 aliphatic carbocycles. The van der Waals surface area contributed by atoms with Crippen molar-refractivity contribution in [2.45, 2.75) is 64.0 Å². The smallest absolute Gasteiger partial charge is 0.303 e. The largest absolute Gasteiger partial charge is 0.463 e. The monoisotopic (exact) mass is 566 g/mol. The van der Waals surface area contributed by atoms with Gasteiger partial charge in [0.2, 0.25) is 0 Å². The van der Waals surface area contributed by atoms with E-state index in [-0.39, 0.29) is 18.1 Å². The van der Waals surface area contributed by atoms with Gasteiger partial charge in [-0.2, -0.15) is 4.73 Å². The summed E-state index contributed by atoms with van der Waals surface area (Å²) in [6.07, 6.45) is -3.12. The summed E-state index contributed by atoms with van der Waals surface area (Å²) in [6, 6.07) is 7.46. The number of oxime groups is 1. The lowest BCUT2D eigenvalue weighted by molar-refractivity contribution is -0.237. The van der Waals surface area contributed by atoms with Gasteiger partial charge < -0.3 is 33.7 Å². The lowest BCUT2D eigenvalue weighted by atomic mass is 9.99. The van der Waals surface area contributed by atoms with Crippen molar-refractivity contribution in [3.63, 3.8) is 0 Å². The van der Waals surface area contributed by atoms with Crippen LogP contribution in [0.15, 0.2) is 35.6 Å². The van der Waals surface area contributed by atoms with Gasteiger partial charge in [-0.15, -0.1) is 0 Å². The Bertz CT molecular complexity index is 1240. The minimum absolute atomic E-state index is 0.130. The topological polar surface area (TPSA) is 161 Å². The third-order valence-corrected chi connectivity index (χ3v) is 6.72. The van der Waals surface area contributed by atoms with E-state index in [9.17, 15) is 24.4 Å². The quantitative estimate of drug-likeness (QED) is 0.117. The highest BCUT2D eigenvalue weighted by Crippen LogP contribution is 2.36. The third-order valence-electron chi connectivity index (χ3n) is 5.61. The zero-order valence-corrected chi connectivity index (χ0v) is 22.8. The fourth-order valence-electron chi connectivity index (χ4n) is 4.19. The molecule has 0 bridgehead atoms. The average Bonchev–Trinajstić information content (AvgIpc) is 3.22. The Morgan fingerprint density at radius 3 is 2.15 bits per heavy atom. The number of esters is 4. The van der Waals surface area contributed by atoms with E-state index < -0.39 is 53.7 Å². The Labute approximate surface area is 228 Å². The standard InChI is InChI=1S/C25H30N2O11S/c1-13(28)34-12-20-22(35-14(2)29)23(36-15(3)30)24(37-16(4)31)25(38-20)39-21(26-32)10-17-11-27(33-5)19-9-7-6-8-18(17)19/h6-9,11,20,22-25,32H,10,12H2,1-5H3/b26-21-/t20-,22-,23+,24-,25+/m1/s1. The number of hydrogen-bond donors (Lipinski definition) is 1.